The number of carbonyl (C=O) groups is 2. The van der Waals surface area contributed by atoms with Gasteiger partial charge in [-0.15, -0.1) is 0 Å². The molecule has 0 aliphatic heterocycles. The van der Waals surface area contributed by atoms with E-state index in [2.05, 4.69) is 6.58 Å². The Labute approximate surface area is 72.4 Å². The topological polar surface area (TPSA) is 43.4 Å². The Balaban J connectivity index is 4.50. The zero-order valence-corrected chi connectivity index (χ0v) is 7.93. The Bertz CT molecular complexity index is 226. The van der Waals surface area contributed by atoms with Crippen LogP contribution in [0.25, 0.3) is 0 Å². The molecule has 0 aromatic carbocycles. The van der Waals surface area contributed by atoms with E-state index in [0.29, 0.717) is 5.57 Å². The maximum atomic E-state index is 11.3. The second-order valence-corrected chi connectivity index (χ2v) is 3.21. The van der Waals surface area contributed by atoms with Gasteiger partial charge in [0.25, 0.3) is 0 Å². The van der Waals surface area contributed by atoms with Crippen LogP contribution < -0.4 is 0 Å². The number of hydrogen-bond donors (Lipinski definition) is 0. The van der Waals surface area contributed by atoms with Crippen molar-refractivity contribution in [3.05, 3.63) is 12.2 Å². The molecular weight excluding hydrogens is 156 g/mol. The molecule has 3 nitrogen and oxygen atoms in total. The van der Waals surface area contributed by atoms with Gasteiger partial charge in [0.05, 0.1) is 0 Å². The second-order valence-electron chi connectivity index (χ2n) is 3.21. The number of ketones is 1. The molecule has 0 bridgehead atoms. The van der Waals surface area contributed by atoms with E-state index < -0.39 is 11.6 Å². The van der Waals surface area contributed by atoms with Crippen LogP contribution in [0, 0.1) is 0 Å². The van der Waals surface area contributed by atoms with Gasteiger partial charge in [0.15, 0.2) is 5.60 Å². The average molecular weight is 170 g/mol. The molecule has 68 valence electrons. The van der Waals surface area contributed by atoms with Crippen LogP contribution in [0.4, 0.5) is 0 Å². The van der Waals surface area contributed by atoms with Gasteiger partial charge in [0.1, 0.15) is 0 Å². The first-order valence-electron chi connectivity index (χ1n) is 3.67. The number of ether oxygens (including phenoxy) is 1. The van der Waals surface area contributed by atoms with Crippen LogP contribution in [0.5, 0.6) is 0 Å². The van der Waals surface area contributed by atoms with E-state index in [1.54, 1.807) is 20.8 Å². The summed E-state index contributed by atoms with van der Waals surface area (Å²) in [4.78, 5) is 21.9. The number of Topliss-reactive ketones (excluding diaryl/α,β-unsaturated/α-hetero) is 1. The summed E-state index contributed by atoms with van der Waals surface area (Å²) in [5.74, 6) is -0.715. The fourth-order valence-electron chi connectivity index (χ4n) is 0.920. The standard InChI is InChI=1S/C9H14O3/c1-6(2)8(11)9(4,5)12-7(3)10/h1H2,2-5H3. The van der Waals surface area contributed by atoms with Crippen molar-refractivity contribution in [2.24, 2.45) is 0 Å². The summed E-state index contributed by atoms with van der Waals surface area (Å²) in [6, 6.07) is 0. The molecule has 0 rings (SSSR count). The number of esters is 1. The van der Waals surface area contributed by atoms with E-state index in [0.717, 1.165) is 0 Å². The Morgan fingerprint density at radius 1 is 1.25 bits per heavy atom. The lowest BCUT2D eigenvalue weighted by molar-refractivity contribution is -0.160. The molecule has 0 unspecified atom stereocenters. The maximum Gasteiger partial charge on any atom is 0.303 e. The van der Waals surface area contributed by atoms with E-state index in [1.165, 1.54) is 6.92 Å². The third-order valence-electron chi connectivity index (χ3n) is 1.33. The molecule has 0 aliphatic rings. The number of rotatable bonds is 3. The SMILES string of the molecule is C=C(C)C(=O)C(C)(C)OC(C)=O. The second kappa shape index (κ2) is 3.52. The van der Waals surface area contributed by atoms with Gasteiger partial charge in [-0.25, -0.2) is 0 Å². The highest BCUT2D eigenvalue weighted by Gasteiger charge is 2.30. The van der Waals surface area contributed by atoms with Gasteiger partial charge in [-0.05, 0) is 26.3 Å². The third-order valence-corrected chi connectivity index (χ3v) is 1.33. The average Bonchev–Trinajstić information content (AvgIpc) is 1.82. The first kappa shape index (κ1) is 10.9. The van der Waals surface area contributed by atoms with Crippen LogP contribution in [0.15, 0.2) is 12.2 Å². The summed E-state index contributed by atoms with van der Waals surface area (Å²) in [6.07, 6.45) is 0. The van der Waals surface area contributed by atoms with Crippen LogP contribution >= 0.6 is 0 Å². The quantitative estimate of drug-likeness (QED) is 0.476. The van der Waals surface area contributed by atoms with Crippen LogP contribution in [-0.2, 0) is 14.3 Å². The largest absolute Gasteiger partial charge is 0.451 e. The first-order chi connectivity index (χ1) is 5.27. The molecule has 0 heterocycles. The van der Waals surface area contributed by atoms with Crippen molar-refractivity contribution in [1.82, 2.24) is 0 Å². The summed E-state index contributed by atoms with van der Waals surface area (Å²) in [7, 11) is 0. The Hall–Kier alpha value is -1.12. The summed E-state index contributed by atoms with van der Waals surface area (Å²) in [6.45, 7) is 9.44. The van der Waals surface area contributed by atoms with E-state index >= 15 is 0 Å². The molecule has 0 aromatic rings. The fourth-order valence-corrected chi connectivity index (χ4v) is 0.920. The minimum atomic E-state index is -1.09. The lowest BCUT2D eigenvalue weighted by Gasteiger charge is -2.22. The smallest absolute Gasteiger partial charge is 0.303 e. The highest BCUT2D eigenvalue weighted by atomic mass is 16.6. The van der Waals surface area contributed by atoms with Crippen molar-refractivity contribution < 1.29 is 14.3 Å². The molecule has 0 saturated heterocycles. The highest BCUT2D eigenvalue weighted by Crippen LogP contribution is 2.14. The van der Waals surface area contributed by atoms with Crippen molar-refractivity contribution in [1.29, 1.82) is 0 Å². The summed E-state index contributed by atoms with van der Waals surface area (Å²) in [5.41, 5.74) is -0.696. The third kappa shape index (κ3) is 2.86. The van der Waals surface area contributed by atoms with Crippen LogP contribution in [0.2, 0.25) is 0 Å². The fraction of sp³-hybridized carbons (Fsp3) is 0.556. The molecule has 0 saturated carbocycles. The van der Waals surface area contributed by atoms with Crippen LogP contribution in [0.1, 0.15) is 27.7 Å². The number of carbonyl (C=O) groups excluding carboxylic acids is 2. The normalized spacial score (nSPS) is 10.7. The molecule has 0 amide bonds. The molecule has 0 radical (unpaired) electrons. The predicted molar refractivity (Wildman–Crippen MR) is 45.7 cm³/mol. The molecule has 12 heavy (non-hydrogen) atoms. The van der Waals surface area contributed by atoms with E-state index in [-0.39, 0.29) is 5.78 Å². The minimum absolute atomic E-state index is 0.252. The Kier molecular flexibility index (Phi) is 3.19. The zero-order valence-electron chi connectivity index (χ0n) is 7.93. The van der Waals surface area contributed by atoms with Gasteiger partial charge >= 0.3 is 5.97 Å². The molecule has 0 atom stereocenters. The summed E-state index contributed by atoms with van der Waals surface area (Å²) in [5, 5.41) is 0. The summed E-state index contributed by atoms with van der Waals surface area (Å²) >= 11 is 0. The summed E-state index contributed by atoms with van der Waals surface area (Å²) < 4.78 is 4.81. The van der Waals surface area contributed by atoms with E-state index in [9.17, 15) is 9.59 Å². The van der Waals surface area contributed by atoms with Gasteiger partial charge in [-0.2, -0.15) is 0 Å². The lowest BCUT2D eigenvalue weighted by Crippen LogP contribution is -2.36. The van der Waals surface area contributed by atoms with Gasteiger partial charge in [0, 0.05) is 6.92 Å². The van der Waals surface area contributed by atoms with Crippen LogP contribution in [0.3, 0.4) is 0 Å². The minimum Gasteiger partial charge on any atom is -0.451 e. The van der Waals surface area contributed by atoms with E-state index in [4.69, 9.17) is 4.74 Å². The lowest BCUT2D eigenvalue weighted by atomic mass is 9.98. The molecule has 3 heteroatoms. The van der Waals surface area contributed by atoms with E-state index in [1.807, 2.05) is 0 Å². The molecular formula is C9H14O3. The Morgan fingerprint density at radius 2 is 1.67 bits per heavy atom. The van der Waals surface area contributed by atoms with Crippen molar-refractivity contribution in [3.63, 3.8) is 0 Å². The zero-order chi connectivity index (χ0) is 9.94. The molecule has 0 N–H and O–H groups in total. The molecule has 0 aliphatic carbocycles. The van der Waals surface area contributed by atoms with Crippen LogP contribution in [-0.4, -0.2) is 17.4 Å². The first-order valence-corrected chi connectivity index (χ1v) is 3.67. The number of hydrogen-bond acceptors (Lipinski definition) is 3. The van der Waals surface area contributed by atoms with Crippen molar-refractivity contribution in [2.45, 2.75) is 33.3 Å². The molecule has 0 fully saturated rings. The predicted octanol–water partition coefficient (Wildman–Crippen LogP) is 1.47. The van der Waals surface area contributed by atoms with Gasteiger partial charge in [0.2, 0.25) is 5.78 Å². The maximum absolute atomic E-state index is 11.3. The molecule has 0 aromatic heterocycles. The van der Waals surface area contributed by atoms with Gasteiger partial charge < -0.3 is 4.74 Å². The monoisotopic (exact) mass is 170 g/mol. The highest BCUT2D eigenvalue weighted by molar-refractivity contribution is 6.01. The molecule has 0 spiro atoms. The van der Waals surface area contributed by atoms with Crippen molar-refractivity contribution in [3.8, 4) is 0 Å². The Morgan fingerprint density at radius 3 is 1.92 bits per heavy atom. The van der Waals surface area contributed by atoms with Gasteiger partial charge in [-0.1, -0.05) is 6.58 Å². The van der Waals surface area contributed by atoms with Gasteiger partial charge in [-0.3, -0.25) is 9.59 Å². The van der Waals surface area contributed by atoms with Crippen molar-refractivity contribution in [2.75, 3.05) is 0 Å². The van der Waals surface area contributed by atoms with Crippen molar-refractivity contribution >= 4 is 11.8 Å².